The van der Waals surface area contributed by atoms with E-state index >= 15 is 0 Å². The van der Waals surface area contributed by atoms with Crippen LogP contribution in [0.3, 0.4) is 0 Å². The number of halogens is 1. The van der Waals surface area contributed by atoms with E-state index in [1.54, 1.807) is 24.3 Å². The first-order valence-electron chi connectivity index (χ1n) is 6.18. The molecule has 3 nitrogen and oxygen atoms in total. The summed E-state index contributed by atoms with van der Waals surface area (Å²) in [4.78, 5) is 3.50. The van der Waals surface area contributed by atoms with Gasteiger partial charge in [-0.2, -0.15) is 0 Å². The van der Waals surface area contributed by atoms with Crippen molar-refractivity contribution in [3.05, 3.63) is 51.7 Å². The predicted octanol–water partition coefficient (Wildman–Crippen LogP) is 3.31. The van der Waals surface area contributed by atoms with E-state index in [4.69, 9.17) is 11.6 Å². The van der Waals surface area contributed by atoms with Gasteiger partial charge in [0.25, 0.3) is 0 Å². The molecule has 1 heterocycles. The van der Waals surface area contributed by atoms with Gasteiger partial charge in [-0.25, -0.2) is 8.42 Å². The summed E-state index contributed by atoms with van der Waals surface area (Å²) >= 11 is 7.40. The molecule has 0 fully saturated rings. The summed E-state index contributed by atoms with van der Waals surface area (Å²) in [5, 5.41) is 0. The van der Waals surface area contributed by atoms with Crippen molar-refractivity contribution >= 4 is 32.8 Å². The third-order valence-corrected chi connectivity index (χ3v) is 5.82. The van der Waals surface area contributed by atoms with Gasteiger partial charge in [-0.1, -0.05) is 29.8 Å². The number of sulfone groups is 1. The summed E-state index contributed by atoms with van der Waals surface area (Å²) in [7, 11) is -1.30. The number of hydrogen-bond donors (Lipinski definition) is 0. The lowest BCUT2D eigenvalue weighted by Crippen LogP contribution is -2.25. The molecule has 1 aromatic heterocycles. The maximum absolute atomic E-state index is 12.1. The fourth-order valence-electron chi connectivity index (χ4n) is 1.80. The quantitative estimate of drug-likeness (QED) is 0.816. The Balaban J connectivity index is 1.91. The summed E-state index contributed by atoms with van der Waals surface area (Å²) < 4.78 is 25.1. The van der Waals surface area contributed by atoms with E-state index < -0.39 is 9.84 Å². The van der Waals surface area contributed by atoms with Crippen LogP contribution in [-0.2, 0) is 16.4 Å². The molecule has 0 unspecified atom stereocenters. The van der Waals surface area contributed by atoms with E-state index in [0.717, 1.165) is 9.21 Å². The normalized spacial score (nSPS) is 11.9. The van der Waals surface area contributed by atoms with Gasteiger partial charge < -0.3 is 4.90 Å². The van der Waals surface area contributed by atoms with E-state index in [-0.39, 0.29) is 5.75 Å². The van der Waals surface area contributed by atoms with E-state index in [1.165, 1.54) is 11.3 Å². The fraction of sp³-hybridized carbons (Fsp3) is 0.286. The molecule has 0 aliphatic heterocycles. The molecule has 1 aromatic carbocycles. The van der Waals surface area contributed by atoms with Gasteiger partial charge in [0.2, 0.25) is 0 Å². The van der Waals surface area contributed by atoms with Crippen molar-refractivity contribution in [2.45, 2.75) is 11.4 Å². The molecule has 0 saturated carbocycles. The van der Waals surface area contributed by atoms with Gasteiger partial charge in [0, 0.05) is 18.0 Å². The van der Waals surface area contributed by atoms with E-state index in [9.17, 15) is 8.42 Å². The van der Waals surface area contributed by atoms with E-state index in [0.29, 0.717) is 18.0 Å². The van der Waals surface area contributed by atoms with Gasteiger partial charge in [-0.15, -0.1) is 11.3 Å². The summed E-state index contributed by atoms with van der Waals surface area (Å²) in [6, 6.07) is 12.4. The first-order chi connectivity index (χ1) is 9.47. The Morgan fingerprint density at radius 3 is 2.45 bits per heavy atom. The summed E-state index contributed by atoms with van der Waals surface area (Å²) in [5.41, 5.74) is 0. The highest BCUT2D eigenvalue weighted by molar-refractivity contribution is 7.91. The van der Waals surface area contributed by atoms with Crippen LogP contribution >= 0.6 is 22.9 Å². The molecule has 0 amide bonds. The molecule has 6 heteroatoms. The molecule has 2 aromatic rings. The van der Waals surface area contributed by atoms with Crippen molar-refractivity contribution in [2.75, 3.05) is 19.3 Å². The van der Waals surface area contributed by atoms with Crippen LogP contribution in [0.4, 0.5) is 0 Å². The van der Waals surface area contributed by atoms with E-state index in [1.807, 2.05) is 30.1 Å². The maximum Gasteiger partial charge on any atom is 0.179 e. The highest BCUT2D eigenvalue weighted by Gasteiger charge is 2.15. The van der Waals surface area contributed by atoms with Crippen LogP contribution in [0.15, 0.2) is 47.4 Å². The van der Waals surface area contributed by atoms with Crippen LogP contribution in [-0.4, -0.2) is 32.7 Å². The Hall–Kier alpha value is -0.880. The Morgan fingerprint density at radius 1 is 1.15 bits per heavy atom. The zero-order valence-electron chi connectivity index (χ0n) is 11.1. The minimum absolute atomic E-state index is 0.118. The van der Waals surface area contributed by atoms with Crippen LogP contribution in [0.5, 0.6) is 0 Å². The largest absolute Gasteiger partial charge is 0.300 e. The second kappa shape index (κ2) is 6.72. The number of thiophene rings is 1. The number of rotatable bonds is 6. The third-order valence-electron chi connectivity index (χ3n) is 2.90. The minimum atomic E-state index is -3.21. The summed E-state index contributed by atoms with van der Waals surface area (Å²) in [5.74, 6) is 0.118. The summed E-state index contributed by atoms with van der Waals surface area (Å²) in [6.45, 7) is 1.20. The van der Waals surface area contributed by atoms with Crippen molar-refractivity contribution < 1.29 is 8.42 Å². The van der Waals surface area contributed by atoms with Gasteiger partial charge in [0.15, 0.2) is 9.84 Å². The molecule has 20 heavy (non-hydrogen) atoms. The second-order valence-electron chi connectivity index (χ2n) is 4.58. The second-order valence-corrected chi connectivity index (χ2v) is 8.48. The molecule has 0 radical (unpaired) electrons. The van der Waals surface area contributed by atoms with Crippen LogP contribution in [0, 0.1) is 0 Å². The first kappa shape index (κ1) is 15.5. The van der Waals surface area contributed by atoms with Gasteiger partial charge in [-0.3, -0.25) is 0 Å². The first-order valence-corrected chi connectivity index (χ1v) is 9.02. The van der Waals surface area contributed by atoms with Crippen LogP contribution in [0.2, 0.25) is 4.34 Å². The van der Waals surface area contributed by atoms with Gasteiger partial charge >= 0.3 is 0 Å². The Morgan fingerprint density at radius 2 is 1.85 bits per heavy atom. The fourth-order valence-corrected chi connectivity index (χ4v) is 4.33. The average molecular weight is 330 g/mol. The number of hydrogen-bond acceptors (Lipinski definition) is 4. The highest BCUT2D eigenvalue weighted by Crippen LogP contribution is 2.22. The van der Waals surface area contributed by atoms with Crippen LogP contribution in [0.1, 0.15) is 4.88 Å². The molecule has 0 atom stereocenters. The standard InChI is InChI=1S/C14H16ClNO2S2/c1-16(11-12-7-8-14(15)19-12)9-10-20(17,18)13-5-3-2-4-6-13/h2-8H,9-11H2,1H3. The topological polar surface area (TPSA) is 37.4 Å². The lowest BCUT2D eigenvalue weighted by atomic mass is 10.4. The van der Waals surface area contributed by atoms with E-state index in [2.05, 4.69) is 0 Å². The number of nitrogens with zero attached hydrogens (tertiary/aromatic N) is 1. The Labute approximate surface area is 128 Å². The van der Waals surface area contributed by atoms with Crippen molar-refractivity contribution in [1.29, 1.82) is 0 Å². The smallest absolute Gasteiger partial charge is 0.179 e. The average Bonchev–Trinajstić information content (AvgIpc) is 2.83. The van der Waals surface area contributed by atoms with Crippen molar-refractivity contribution in [3.8, 4) is 0 Å². The zero-order chi connectivity index (χ0) is 14.6. The maximum atomic E-state index is 12.1. The molecule has 2 rings (SSSR count). The molecule has 0 saturated heterocycles. The molecule has 0 N–H and O–H groups in total. The Kier molecular flexibility index (Phi) is 5.21. The monoisotopic (exact) mass is 329 g/mol. The van der Waals surface area contributed by atoms with Crippen molar-refractivity contribution in [1.82, 2.24) is 4.90 Å². The van der Waals surface area contributed by atoms with Gasteiger partial charge in [0.05, 0.1) is 15.0 Å². The van der Waals surface area contributed by atoms with Crippen LogP contribution in [0.25, 0.3) is 0 Å². The molecule has 0 spiro atoms. The van der Waals surface area contributed by atoms with Crippen molar-refractivity contribution in [2.24, 2.45) is 0 Å². The van der Waals surface area contributed by atoms with Gasteiger partial charge in [0.1, 0.15) is 0 Å². The molecule has 0 aliphatic carbocycles. The highest BCUT2D eigenvalue weighted by atomic mass is 35.5. The molecular formula is C14H16ClNO2S2. The molecule has 0 bridgehead atoms. The summed E-state index contributed by atoms with van der Waals surface area (Å²) in [6.07, 6.45) is 0. The molecule has 108 valence electrons. The van der Waals surface area contributed by atoms with Crippen LogP contribution < -0.4 is 0 Å². The number of benzene rings is 1. The Bertz CT molecular complexity index is 653. The molecule has 0 aliphatic rings. The minimum Gasteiger partial charge on any atom is -0.300 e. The molecular weight excluding hydrogens is 314 g/mol. The third kappa shape index (κ3) is 4.31. The lowest BCUT2D eigenvalue weighted by Gasteiger charge is -2.15. The lowest BCUT2D eigenvalue weighted by molar-refractivity contribution is 0.349. The zero-order valence-corrected chi connectivity index (χ0v) is 13.5. The van der Waals surface area contributed by atoms with Crippen molar-refractivity contribution in [3.63, 3.8) is 0 Å². The van der Waals surface area contributed by atoms with Gasteiger partial charge in [-0.05, 0) is 31.3 Å². The SMILES string of the molecule is CN(CCS(=O)(=O)c1ccccc1)Cc1ccc(Cl)s1. The predicted molar refractivity (Wildman–Crippen MR) is 84.2 cm³/mol.